The molecule has 1 rings (SSSR count). The molecule has 0 saturated carbocycles. The topological polar surface area (TPSA) is 104 Å². The lowest BCUT2D eigenvalue weighted by molar-refractivity contribution is -0.140. The van der Waals surface area contributed by atoms with Gasteiger partial charge in [0.1, 0.15) is 6.04 Å². The van der Waals surface area contributed by atoms with Gasteiger partial charge in [0.2, 0.25) is 0 Å². The zero-order chi connectivity index (χ0) is 16.0. The van der Waals surface area contributed by atoms with E-state index in [0.717, 1.165) is 0 Å². The van der Waals surface area contributed by atoms with E-state index in [-0.39, 0.29) is 24.8 Å². The minimum absolute atomic E-state index is 0.0461. The first-order chi connectivity index (χ1) is 9.81. The van der Waals surface area contributed by atoms with Crippen molar-refractivity contribution in [1.29, 1.82) is 0 Å². The van der Waals surface area contributed by atoms with Crippen LogP contribution in [0.3, 0.4) is 0 Å². The summed E-state index contributed by atoms with van der Waals surface area (Å²) in [6.07, 6.45) is 0.0675. The van der Waals surface area contributed by atoms with Crippen LogP contribution >= 0.6 is 34.2 Å². The Labute approximate surface area is 139 Å². The molecule has 0 saturated heterocycles. The Balaban J connectivity index is 2.74. The van der Waals surface area contributed by atoms with Gasteiger partial charge in [0.25, 0.3) is 5.91 Å². The molecule has 0 bridgehead atoms. The molecule has 1 aromatic rings. The number of carboxylic acids is 2. The second-order valence-electron chi connectivity index (χ2n) is 4.27. The summed E-state index contributed by atoms with van der Waals surface area (Å²) >= 11 is 7.76. The van der Waals surface area contributed by atoms with Crippen LogP contribution in [0, 0.1) is 3.57 Å². The molecule has 1 atom stereocenters. The van der Waals surface area contributed by atoms with Crippen molar-refractivity contribution in [2.75, 3.05) is 0 Å². The summed E-state index contributed by atoms with van der Waals surface area (Å²) in [5, 5.41) is 20.4. The number of rotatable bonds is 7. The van der Waals surface area contributed by atoms with Gasteiger partial charge in [-0.05, 0) is 53.6 Å². The molecule has 8 heteroatoms. The fourth-order valence-corrected chi connectivity index (χ4v) is 2.37. The fraction of sp³-hybridized carbons (Fsp3) is 0.308. The molecule has 21 heavy (non-hydrogen) atoms. The molecule has 1 aromatic carbocycles. The van der Waals surface area contributed by atoms with Gasteiger partial charge < -0.3 is 15.5 Å². The van der Waals surface area contributed by atoms with Crippen molar-refractivity contribution >= 4 is 52.0 Å². The minimum atomic E-state index is -1.20. The van der Waals surface area contributed by atoms with Crippen LogP contribution in [0.4, 0.5) is 0 Å². The quantitative estimate of drug-likeness (QED) is 0.582. The number of carbonyl (C=O) groups excluding carboxylic acids is 1. The van der Waals surface area contributed by atoms with Crippen molar-refractivity contribution in [2.45, 2.75) is 25.3 Å². The van der Waals surface area contributed by atoms with Gasteiger partial charge in [0, 0.05) is 15.0 Å². The van der Waals surface area contributed by atoms with Crippen molar-refractivity contribution in [2.24, 2.45) is 0 Å². The smallest absolute Gasteiger partial charge is 0.326 e. The number of benzene rings is 1. The van der Waals surface area contributed by atoms with Gasteiger partial charge in [-0.25, -0.2) is 4.79 Å². The van der Waals surface area contributed by atoms with Crippen LogP contribution in [-0.4, -0.2) is 34.1 Å². The van der Waals surface area contributed by atoms with Gasteiger partial charge >= 0.3 is 11.9 Å². The summed E-state index contributed by atoms with van der Waals surface area (Å²) in [5.41, 5.74) is 0.285. The largest absolute Gasteiger partial charge is 0.481 e. The van der Waals surface area contributed by atoms with Crippen molar-refractivity contribution in [3.8, 4) is 0 Å². The van der Waals surface area contributed by atoms with E-state index >= 15 is 0 Å². The third kappa shape index (κ3) is 5.88. The number of amides is 1. The number of carboxylic acid groups (broad SMARTS) is 2. The molecular weight excluding hydrogens is 413 g/mol. The number of hydrogen-bond acceptors (Lipinski definition) is 3. The normalized spacial score (nSPS) is 11.7. The fourth-order valence-electron chi connectivity index (χ4n) is 1.62. The zero-order valence-electron chi connectivity index (χ0n) is 10.8. The van der Waals surface area contributed by atoms with Crippen molar-refractivity contribution < 1.29 is 24.6 Å². The van der Waals surface area contributed by atoms with E-state index in [1.54, 1.807) is 12.1 Å². The highest BCUT2D eigenvalue weighted by molar-refractivity contribution is 14.1. The number of hydrogen-bond donors (Lipinski definition) is 3. The van der Waals surface area contributed by atoms with E-state index in [2.05, 4.69) is 5.32 Å². The first kappa shape index (κ1) is 17.7. The maximum atomic E-state index is 12.1. The molecule has 0 aliphatic heterocycles. The molecule has 1 amide bonds. The number of carbonyl (C=O) groups is 3. The summed E-state index contributed by atoms with van der Waals surface area (Å²) in [4.78, 5) is 33.6. The highest BCUT2D eigenvalue weighted by atomic mass is 127. The van der Waals surface area contributed by atoms with E-state index < -0.39 is 23.9 Å². The lowest BCUT2D eigenvalue weighted by atomic mass is 10.1. The lowest BCUT2D eigenvalue weighted by Gasteiger charge is -2.14. The van der Waals surface area contributed by atoms with Crippen LogP contribution in [0.5, 0.6) is 0 Å². The Hall–Kier alpha value is -1.35. The van der Waals surface area contributed by atoms with Crippen LogP contribution in [-0.2, 0) is 9.59 Å². The summed E-state index contributed by atoms with van der Waals surface area (Å²) < 4.78 is 0.643. The van der Waals surface area contributed by atoms with Crippen LogP contribution < -0.4 is 5.32 Å². The van der Waals surface area contributed by atoms with Gasteiger partial charge in [-0.1, -0.05) is 11.6 Å². The molecule has 0 aliphatic rings. The van der Waals surface area contributed by atoms with Crippen LogP contribution in [0.25, 0.3) is 0 Å². The first-order valence-corrected chi connectivity index (χ1v) is 7.47. The van der Waals surface area contributed by atoms with Gasteiger partial charge in [0.15, 0.2) is 0 Å². The molecule has 0 radical (unpaired) electrons. The predicted molar refractivity (Wildman–Crippen MR) is 84.5 cm³/mol. The highest BCUT2D eigenvalue weighted by Crippen LogP contribution is 2.18. The summed E-state index contributed by atoms with van der Waals surface area (Å²) in [6.45, 7) is 0. The van der Waals surface area contributed by atoms with Gasteiger partial charge in [-0.15, -0.1) is 0 Å². The minimum Gasteiger partial charge on any atom is -0.481 e. The Morgan fingerprint density at radius 2 is 1.95 bits per heavy atom. The second-order valence-corrected chi connectivity index (χ2v) is 5.87. The Kier molecular flexibility index (Phi) is 6.90. The predicted octanol–water partition coefficient (Wildman–Crippen LogP) is 2.38. The van der Waals surface area contributed by atoms with Gasteiger partial charge in [-0.2, -0.15) is 0 Å². The van der Waals surface area contributed by atoms with Crippen LogP contribution in [0.15, 0.2) is 18.2 Å². The average molecular weight is 426 g/mol. The number of aliphatic carboxylic acids is 2. The monoisotopic (exact) mass is 425 g/mol. The third-order valence-corrected chi connectivity index (χ3v) is 3.84. The van der Waals surface area contributed by atoms with E-state index in [4.69, 9.17) is 21.8 Å². The Morgan fingerprint density at radius 3 is 2.52 bits per heavy atom. The third-order valence-electron chi connectivity index (χ3n) is 2.66. The Bertz CT molecular complexity index is 563. The lowest BCUT2D eigenvalue weighted by Crippen LogP contribution is -2.41. The second kappa shape index (κ2) is 8.18. The summed E-state index contributed by atoms with van der Waals surface area (Å²) in [7, 11) is 0. The standard InChI is InChI=1S/C13H13ClINO5/c14-7-4-5-9(15)8(6-7)12(19)16-10(13(20)21)2-1-3-11(17)18/h4-6,10H,1-3H2,(H,16,19)(H,17,18)(H,20,21)/t10-/m1/s1. The molecule has 0 fully saturated rings. The van der Waals surface area contributed by atoms with Gasteiger partial charge in [0.05, 0.1) is 5.56 Å². The highest BCUT2D eigenvalue weighted by Gasteiger charge is 2.21. The number of halogens is 2. The molecule has 0 heterocycles. The maximum absolute atomic E-state index is 12.1. The molecule has 114 valence electrons. The molecular formula is C13H13ClINO5. The van der Waals surface area contributed by atoms with Crippen molar-refractivity contribution in [3.63, 3.8) is 0 Å². The maximum Gasteiger partial charge on any atom is 0.326 e. The zero-order valence-corrected chi connectivity index (χ0v) is 13.7. The van der Waals surface area contributed by atoms with Gasteiger partial charge in [-0.3, -0.25) is 9.59 Å². The molecule has 6 nitrogen and oxygen atoms in total. The molecule has 0 spiro atoms. The number of nitrogens with one attached hydrogen (secondary N) is 1. The van der Waals surface area contributed by atoms with Crippen LogP contribution in [0.2, 0.25) is 5.02 Å². The van der Waals surface area contributed by atoms with E-state index in [0.29, 0.717) is 8.59 Å². The summed E-state index contributed by atoms with van der Waals surface area (Å²) in [5.74, 6) is -2.76. The molecule has 3 N–H and O–H groups in total. The summed E-state index contributed by atoms with van der Waals surface area (Å²) in [6, 6.07) is 3.60. The molecule has 0 aromatic heterocycles. The molecule has 0 unspecified atom stereocenters. The first-order valence-electron chi connectivity index (χ1n) is 6.01. The van der Waals surface area contributed by atoms with Crippen LogP contribution in [0.1, 0.15) is 29.6 Å². The van der Waals surface area contributed by atoms with Crippen molar-refractivity contribution in [3.05, 3.63) is 32.4 Å². The average Bonchev–Trinajstić information content (AvgIpc) is 2.39. The SMILES string of the molecule is O=C(O)CCC[C@@H](NC(=O)c1cc(Cl)ccc1I)C(=O)O. The van der Waals surface area contributed by atoms with E-state index in [1.807, 2.05) is 22.6 Å². The molecule has 0 aliphatic carbocycles. The van der Waals surface area contributed by atoms with E-state index in [9.17, 15) is 14.4 Å². The Morgan fingerprint density at radius 1 is 1.29 bits per heavy atom. The van der Waals surface area contributed by atoms with Crippen molar-refractivity contribution in [1.82, 2.24) is 5.32 Å². The van der Waals surface area contributed by atoms with E-state index in [1.165, 1.54) is 6.07 Å².